The lowest BCUT2D eigenvalue weighted by Crippen LogP contribution is -2.35. The number of nitrogen functional groups attached to an aromatic ring is 1. The van der Waals surface area contributed by atoms with E-state index in [1.807, 2.05) is 13.8 Å². The van der Waals surface area contributed by atoms with Crippen LogP contribution in [0.1, 0.15) is 27.7 Å². The third-order valence-corrected chi connectivity index (χ3v) is 8.16. The minimum absolute atomic E-state index is 0.0353. The Balaban J connectivity index is 2.40. The van der Waals surface area contributed by atoms with Crippen molar-refractivity contribution >= 4 is 27.7 Å². The van der Waals surface area contributed by atoms with E-state index in [0.717, 1.165) is 0 Å². The molecule has 0 saturated heterocycles. The lowest BCUT2D eigenvalue weighted by Gasteiger charge is -2.22. The number of aromatic nitrogens is 3. The maximum absolute atomic E-state index is 12.8. The Morgan fingerprint density at radius 1 is 1.20 bits per heavy atom. The zero-order valence-electron chi connectivity index (χ0n) is 18.2. The summed E-state index contributed by atoms with van der Waals surface area (Å²) in [5.74, 6) is 6.57. The first-order chi connectivity index (χ1) is 14.0. The fourth-order valence-corrected chi connectivity index (χ4v) is 5.51. The second-order valence-electron chi connectivity index (χ2n) is 7.31. The molecule has 9 nitrogen and oxygen atoms in total. The van der Waals surface area contributed by atoms with Gasteiger partial charge in [-0.15, -0.1) is 10.2 Å². The highest BCUT2D eigenvalue weighted by Crippen LogP contribution is 2.30. The SMILES string of the molecule is CCN(CC)S(=O)(=O)c1cccc(-c2nnc(SC(C(=O)N(C)C)C(C)C)n2N)c1. The average molecular weight is 455 g/mol. The maximum atomic E-state index is 12.8. The van der Waals surface area contributed by atoms with E-state index in [-0.39, 0.29) is 22.0 Å². The maximum Gasteiger partial charge on any atom is 0.243 e. The van der Waals surface area contributed by atoms with Gasteiger partial charge in [0.2, 0.25) is 21.1 Å². The van der Waals surface area contributed by atoms with Crippen LogP contribution >= 0.6 is 11.8 Å². The van der Waals surface area contributed by atoms with Crippen molar-refractivity contribution in [2.75, 3.05) is 33.0 Å². The summed E-state index contributed by atoms with van der Waals surface area (Å²) in [6, 6.07) is 6.47. The first-order valence-corrected chi connectivity index (χ1v) is 12.0. The largest absolute Gasteiger partial charge is 0.348 e. The minimum Gasteiger partial charge on any atom is -0.348 e. The van der Waals surface area contributed by atoms with Gasteiger partial charge >= 0.3 is 0 Å². The molecule has 0 aliphatic heterocycles. The molecule has 0 spiro atoms. The first-order valence-electron chi connectivity index (χ1n) is 9.73. The van der Waals surface area contributed by atoms with Crippen LogP contribution in [0.3, 0.4) is 0 Å². The molecule has 1 atom stereocenters. The summed E-state index contributed by atoms with van der Waals surface area (Å²) in [5, 5.41) is 8.30. The van der Waals surface area contributed by atoms with Gasteiger partial charge in [-0.25, -0.2) is 13.1 Å². The third kappa shape index (κ3) is 4.96. The lowest BCUT2D eigenvalue weighted by molar-refractivity contribution is -0.128. The molecular formula is C19H30N6O3S2. The molecule has 0 saturated carbocycles. The molecule has 0 fully saturated rings. The van der Waals surface area contributed by atoms with Gasteiger partial charge in [-0.2, -0.15) is 4.31 Å². The standard InChI is InChI=1S/C19H30N6O3S2/c1-7-24(8-2)30(27,28)15-11-9-10-14(12-15)17-21-22-19(25(17)20)29-16(13(3)4)18(26)23(5)6/h9-13,16H,7-8,20H2,1-6H3. The fourth-order valence-electron chi connectivity index (χ4n) is 2.90. The molecule has 11 heteroatoms. The second-order valence-corrected chi connectivity index (χ2v) is 10.4. The van der Waals surface area contributed by atoms with E-state index in [2.05, 4.69) is 10.2 Å². The third-order valence-electron chi connectivity index (χ3n) is 4.62. The van der Waals surface area contributed by atoms with Gasteiger partial charge in [0.25, 0.3) is 0 Å². The Hall–Kier alpha value is -2.11. The summed E-state index contributed by atoms with van der Waals surface area (Å²) in [6.45, 7) is 8.27. The summed E-state index contributed by atoms with van der Waals surface area (Å²) in [4.78, 5) is 14.2. The number of benzene rings is 1. The molecule has 1 aromatic carbocycles. The van der Waals surface area contributed by atoms with E-state index in [9.17, 15) is 13.2 Å². The predicted octanol–water partition coefficient (Wildman–Crippen LogP) is 1.89. The van der Waals surface area contributed by atoms with Gasteiger partial charge in [-0.05, 0) is 18.1 Å². The number of nitrogens with two attached hydrogens (primary N) is 1. The number of rotatable bonds is 9. The van der Waals surface area contributed by atoms with Crippen molar-refractivity contribution in [3.05, 3.63) is 24.3 Å². The van der Waals surface area contributed by atoms with Gasteiger partial charge in [-0.1, -0.05) is 51.6 Å². The fraction of sp³-hybridized carbons (Fsp3) is 0.526. The second kappa shape index (κ2) is 9.80. The molecule has 1 aromatic heterocycles. The van der Waals surface area contributed by atoms with Gasteiger partial charge in [-0.3, -0.25) is 4.79 Å². The molecule has 2 aromatic rings. The van der Waals surface area contributed by atoms with Crippen LogP contribution < -0.4 is 5.84 Å². The van der Waals surface area contributed by atoms with E-state index >= 15 is 0 Å². The van der Waals surface area contributed by atoms with Gasteiger partial charge in [0.1, 0.15) is 0 Å². The van der Waals surface area contributed by atoms with E-state index in [1.54, 1.807) is 52.2 Å². The smallest absolute Gasteiger partial charge is 0.243 e. The molecule has 0 radical (unpaired) electrons. The number of thioether (sulfide) groups is 1. The number of nitrogens with zero attached hydrogens (tertiary/aromatic N) is 5. The summed E-state index contributed by atoms with van der Waals surface area (Å²) >= 11 is 1.24. The Morgan fingerprint density at radius 2 is 1.83 bits per heavy atom. The summed E-state index contributed by atoms with van der Waals surface area (Å²) in [6.07, 6.45) is 0. The number of carbonyl (C=O) groups is 1. The van der Waals surface area contributed by atoms with Crippen LogP contribution in [0.4, 0.5) is 0 Å². The van der Waals surface area contributed by atoms with Crippen LogP contribution in [-0.2, 0) is 14.8 Å². The molecule has 1 unspecified atom stereocenters. The van der Waals surface area contributed by atoms with Crippen LogP contribution in [0.2, 0.25) is 0 Å². The Bertz CT molecular complexity index is 984. The molecule has 30 heavy (non-hydrogen) atoms. The van der Waals surface area contributed by atoms with Crippen LogP contribution in [0.25, 0.3) is 11.4 Å². The van der Waals surface area contributed by atoms with Crippen LogP contribution in [0.15, 0.2) is 34.3 Å². The highest BCUT2D eigenvalue weighted by molar-refractivity contribution is 8.00. The zero-order chi connectivity index (χ0) is 22.6. The lowest BCUT2D eigenvalue weighted by atomic mass is 10.1. The van der Waals surface area contributed by atoms with Gasteiger partial charge in [0.05, 0.1) is 10.1 Å². The molecule has 0 aliphatic carbocycles. The summed E-state index contributed by atoms with van der Waals surface area (Å²) < 4.78 is 28.4. The predicted molar refractivity (Wildman–Crippen MR) is 119 cm³/mol. The van der Waals surface area contributed by atoms with Crippen molar-refractivity contribution in [3.8, 4) is 11.4 Å². The monoisotopic (exact) mass is 454 g/mol. The van der Waals surface area contributed by atoms with Crippen molar-refractivity contribution in [1.29, 1.82) is 0 Å². The van der Waals surface area contributed by atoms with Gasteiger partial charge < -0.3 is 10.7 Å². The molecule has 166 valence electrons. The van der Waals surface area contributed by atoms with Crippen molar-refractivity contribution in [2.45, 2.75) is 43.0 Å². The van der Waals surface area contributed by atoms with E-state index in [4.69, 9.17) is 5.84 Å². The van der Waals surface area contributed by atoms with E-state index < -0.39 is 10.0 Å². The molecule has 1 heterocycles. The van der Waals surface area contributed by atoms with Gasteiger partial charge in [0, 0.05) is 32.7 Å². The molecular weight excluding hydrogens is 424 g/mol. The summed E-state index contributed by atoms with van der Waals surface area (Å²) in [7, 11) is -0.195. The van der Waals surface area contributed by atoms with Crippen LogP contribution in [0.5, 0.6) is 0 Å². The number of amides is 1. The number of hydrogen-bond acceptors (Lipinski definition) is 7. The van der Waals surface area contributed by atoms with E-state index in [1.165, 1.54) is 25.6 Å². The average Bonchev–Trinajstić information content (AvgIpc) is 3.06. The molecule has 0 bridgehead atoms. The first kappa shape index (κ1) is 24.2. The zero-order valence-corrected chi connectivity index (χ0v) is 19.9. The van der Waals surface area contributed by atoms with Crippen molar-refractivity contribution in [2.24, 2.45) is 5.92 Å². The highest BCUT2D eigenvalue weighted by atomic mass is 32.2. The van der Waals surface area contributed by atoms with Crippen molar-refractivity contribution < 1.29 is 13.2 Å². The van der Waals surface area contributed by atoms with Crippen LogP contribution in [-0.4, -0.2) is 70.8 Å². The van der Waals surface area contributed by atoms with E-state index in [0.29, 0.717) is 29.6 Å². The molecule has 1 amide bonds. The highest BCUT2D eigenvalue weighted by Gasteiger charge is 2.28. The molecule has 0 aliphatic rings. The topological polar surface area (TPSA) is 114 Å². The Morgan fingerprint density at radius 3 is 2.37 bits per heavy atom. The minimum atomic E-state index is -3.61. The number of hydrogen-bond donors (Lipinski definition) is 1. The number of sulfonamides is 1. The van der Waals surface area contributed by atoms with Gasteiger partial charge in [0.15, 0.2) is 5.82 Å². The molecule has 2 N–H and O–H groups in total. The quantitative estimate of drug-likeness (QED) is 0.454. The normalized spacial score (nSPS) is 13.1. The van der Waals surface area contributed by atoms with Crippen LogP contribution in [0, 0.1) is 5.92 Å². The number of carbonyl (C=O) groups excluding carboxylic acids is 1. The van der Waals surface area contributed by atoms with Crippen molar-refractivity contribution in [3.63, 3.8) is 0 Å². The van der Waals surface area contributed by atoms with Crippen molar-refractivity contribution in [1.82, 2.24) is 24.1 Å². The summed E-state index contributed by atoms with van der Waals surface area (Å²) in [5.41, 5.74) is 0.533. The molecule has 2 rings (SSSR count). The Labute approximate surface area is 182 Å². The Kier molecular flexibility index (Phi) is 7.89.